The number of rotatable bonds is 4. The molecule has 0 bridgehead atoms. The molecule has 21 heavy (non-hydrogen) atoms. The summed E-state index contributed by atoms with van der Waals surface area (Å²) in [5.74, 6) is 0.975. The Labute approximate surface area is 127 Å². The van der Waals surface area contributed by atoms with E-state index in [0.29, 0.717) is 22.1 Å². The van der Waals surface area contributed by atoms with Crippen molar-refractivity contribution in [2.45, 2.75) is 19.9 Å². The van der Waals surface area contributed by atoms with Crippen molar-refractivity contribution in [3.63, 3.8) is 0 Å². The number of aryl methyl sites for hydroxylation is 1. The van der Waals surface area contributed by atoms with Crippen LogP contribution >= 0.6 is 11.6 Å². The van der Waals surface area contributed by atoms with Crippen LogP contribution in [0, 0.1) is 17.0 Å². The Bertz CT molecular complexity index is 687. The van der Waals surface area contributed by atoms with Crippen LogP contribution in [-0.2, 0) is 0 Å². The zero-order chi connectivity index (χ0) is 15.6. The second-order valence-electron chi connectivity index (χ2n) is 4.79. The highest BCUT2D eigenvalue weighted by Crippen LogP contribution is 2.33. The highest BCUT2D eigenvalue weighted by Gasteiger charge is 2.12. The lowest BCUT2D eigenvalue weighted by atomic mass is 10.1. The van der Waals surface area contributed by atoms with Gasteiger partial charge in [-0.1, -0.05) is 17.7 Å². The van der Waals surface area contributed by atoms with Gasteiger partial charge in [0.2, 0.25) is 0 Å². The lowest BCUT2D eigenvalue weighted by Gasteiger charge is -2.11. The van der Waals surface area contributed by atoms with E-state index in [9.17, 15) is 10.1 Å². The van der Waals surface area contributed by atoms with E-state index in [0.717, 1.165) is 5.56 Å². The summed E-state index contributed by atoms with van der Waals surface area (Å²) in [4.78, 5) is 10.4. The highest BCUT2D eigenvalue weighted by atomic mass is 35.5. The lowest BCUT2D eigenvalue weighted by Crippen LogP contribution is -2.04. The Morgan fingerprint density at radius 3 is 2.52 bits per heavy atom. The van der Waals surface area contributed by atoms with Gasteiger partial charge in [-0.25, -0.2) is 0 Å². The van der Waals surface area contributed by atoms with Gasteiger partial charge in [0.15, 0.2) is 0 Å². The Morgan fingerprint density at radius 1 is 1.29 bits per heavy atom. The van der Waals surface area contributed by atoms with E-state index in [2.05, 4.69) is 0 Å². The molecule has 0 spiro atoms. The minimum atomic E-state index is -0.427. The van der Waals surface area contributed by atoms with Crippen LogP contribution in [0.2, 0.25) is 5.02 Å². The molecule has 0 aliphatic carbocycles. The summed E-state index contributed by atoms with van der Waals surface area (Å²) in [6, 6.07) is 9.77. The van der Waals surface area contributed by atoms with Crippen molar-refractivity contribution in [1.29, 1.82) is 0 Å². The maximum atomic E-state index is 10.8. The first-order valence-electron chi connectivity index (χ1n) is 6.36. The number of nitro benzene ring substituents is 1. The lowest BCUT2D eigenvalue weighted by molar-refractivity contribution is -0.385. The topological polar surface area (TPSA) is 78.4 Å². The first kappa shape index (κ1) is 15.3. The van der Waals surface area contributed by atoms with Crippen molar-refractivity contribution < 1.29 is 9.66 Å². The van der Waals surface area contributed by atoms with E-state index in [1.165, 1.54) is 6.07 Å². The molecule has 2 aromatic carbocycles. The van der Waals surface area contributed by atoms with Crippen LogP contribution < -0.4 is 10.5 Å². The first-order chi connectivity index (χ1) is 9.88. The summed E-state index contributed by atoms with van der Waals surface area (Å²) < 4.78 is 5.66. The molecule has 0 radical (unpaired) electrons. The van der Waals surface area contributed by atoms with E-state index in [1.807, 2.05) is 13.0 Å². The number of nitrogens with zero attached hydrogens (tertiary/aromatic N) is 1. The molecule has 5 nitrogen and oxygen atoms in total. The Morgan fingerprint density at radius 2 is 2.00 bits per heavy atom. The van der Waals surface area contributed by atoms with Gasteiger partial charge in [-0.15, -0.1) is 0 Å². The first-order valence-corrected chi connectivity index (χ1v) is 6.74. The van der Waals surface area contributed by atoms with E-state index >= 15 is 0 Å². The fourth-order valence-corrected chi connectivity index (χ4v) is 2.13. The molecule has 110 valence electrons. The molecule has 1 unspecified atom stereocenters. The van der Waals surface area contributed by atoms with Crippen LogP contribution in [0.25, 0.3) is 0 Å². The van der Waals surface area contributed by atoms with Gasteiger partial charge in [-0.05, 0) is 43.7 Å². The maximum Gasteiger partial charge on any atom is 0.272 e. The number of nitrogens with two attached hydrogens (primary N) is 1. The average molecular weight is 307 g/mol. The summed E-state index contributed by atoms with van der Waals surface area (Å²) in [5.41, 5.74) is 7.28. The molecule has 0 aromatic heterocycles. The summed E-state index contributed by atoms with van der Waals surface area (Å²) >= 11 is 6.16. The molecule has 2 rings (SSSR count). The number of hydrogen-bond acceptors (Lipinski definition) is 4. The number of nitro groups is 1. The molecule has 0 aliphatic heterocycles. The third kappa shape index (κ3) is 3.51. The van der Waals surface area contributed by atoms with Crippen molar-refractivity contribution in [2.75, 3.05) is 0 Å². The second-order valence-corrected chi connectivity index (χ2v) is 5.19. The van der Waals surface area contributed by atoms with Gasteiger partial charge in [-0.3, -0.25) is 10.1 Å². The van der Waals surface area contributed by atoms with Gasteiger partial charge in [0.25, 0.3) is 5.69 Å². The van der Waals surface area contributed by atoms with Gasteiger partial charge in [0.1, 0.15) is 11.5 Å². The van der Waals surface area contributed by atoms with Crippen LogP contribution in [0.5, 0.6) is 11.5 Å². The monoisotopic (exact) mass is 306 g/mol. The predicted molar refractivity (Wildman–Crippen MR) is 82.0 cm³/mol. The van der Waals surface area contributed by atoms with Crippen LogP contribution in [-0.4, -0.2) is 4.92 Å². The van der Waals surface area contributed by atoms with Gasteiger partial charge in [0, 0.05) is 17.7 Å². The maximum absolute atomic E-state index is 10.8. The normalized spacial score (nSPS) is 12.0. The molecule has 0 aliphatic rings. The number of ether oxygens (including phenoxy) is 1. The zero-order valence-corrected chi connectivity index (χ0v) is 12.4. The predicted octanol–water partition coefficient (Wildman–Crippen LogP) is 4.37. The standard InChI is InChI=1S/C15H15ClN2O3/c1-9-7-12(4-5-14(9)18(19)20)21-15-6-3-11(10(2)17)8-13(15)16/h3-8,10H,17H2,1-2H3. The van der Waals surface area contributed by atoms with Crippen LogP contribution in [0.3, 0.4) is 0 Å². The molecule has 0 saturated heterocycles. The van der Waals surface area contributed by atoms with Crippen molar-refractivity contribution in [2.24, 2.45) is 5.73 Å². The zero-order valence-electron chi connectivity index (χ0n) is 11.7. The van der Waals surface area contributed by atoms with Crippen LogP contribution in [0.1, 0.15) is 24.1 Å². The van der Waals surface area contributed by atoms with E-state index in [4.69, 9.17) is 22.1 Å². The molecule has 2 N–H and O–H groups in total. The molecule has 0 heterocycles. The summed E-state index contributed by atoms with van der Waals surface area (Å²) in [7, 11) is 0. The van der Waals surface area contributed by atoms with Gasteiger partial charge >= 0.3 is 0 Å². The van der Waals surface area contributed by atoms with Crippen LogP contribution in [0.4, 0.5) is 5.69 Å². The fraction of sp³-hybridized carbons (Fsp3) is 0.200. The SMILES string of the molecule is Cc1cc(Oc2ccc(C(C)N)cc2Cl)ccc1[N+](=O)[O-]. The smallest absolute Gasteiger partial charge is 0.272 e. The summed E-state index contributed by atoms with van der Waals surface area (Å²) in [6.07, 6.45) is 0. The molecule has 0 saturated carbocycles. The minimum Gasteiger partial charge on any atom is -0.456 e. The molecule has 1 atom stereocenters. The number of hydrogen-bond donors (Lipinski definition) is 1. The third-order valence-corrected chi connectivity index (χ3v) is 3.37. The summed E-state index contributed by atoms with van der Waals surface area (Å²) in [5, 5.41) is 11.2. The van der Waals surface area contributed by atoms with E-state index in [-0.39, 0.29) is 11.7 Å². The van der Waals surface area contributed by atoms with E-state index in [1.54, 1.807) is 31.2 Å². The molecule has 0 fully saturated rings. The number of benzene rings is 2. The molecule has 0 amide bonds. The molecular weight excluding hydrogens is 292 g/mol. The van der Waals surface area contributed by atoms with Gasteiger partial charge < -0.3 is 10.5 Å². The quantitative estimate of drug-likeness (QED) is 0.672. The average Bonchev–Trinajstić information content (AvgIpc) is 2.40. The Kier molecular flexibility index (Phi) is 4.45. The third-order valence-electron chi connectivity index (χ3n) is 3.07. The minimum absolute atomic E-state index is 0.0563. The van der Waals surface area contributed by atoms with Gasteiger partial charge in [0.05, 0.1) is 9.95 Å². The molecule has 6 heteroatoms. The number of halogens is 1. The van der Waals surface area contributed by atoms with Crippen molar-refractivity contribution in [1.82, 2.24) is 0 Å². The second kappa shape index (κ2) is 6.11. The summed E-state index contributed by atoms with van der Waals surface area (Å²) in [6.45, 7) is 3.53. The van der Waals surface area contributed by atoms with Crippen LogP contribution in [0.15, 0.2) is 36.4 Å². The van der Waals surface area contributed by atoms with Gasteiger partial charge in [-0.2, -0.15) is 0 Å². The Hall–Kier alpha value is -2.11. The Balaban J connectivity index is 2.26. The van der Waals surface area contributed by atoms with Crippen molar-refractivity contribution in [3.05, 3.63) is 62.7 Å². The fourth-order valence-electron chi connectivity index (χ4n) is 1.91. The van der Waals surface area contributed by atoms with E-state index < -0.39 is 4.92 Å². The van der Waals surface area contributed by atoms with Crippen molar-refractivity contribution in [3.8, 4) is 11.5 Å². The highest BCUT2D eigenvalue weighted by molar-refractivity contribution is 6.32. The largest absolute Gasteiger partial charge is 0.456 e. The molecular formula is C15H15ClN2O3. The molecule has 2 aromatic rings. The van der Waals surface area contributed by atoms with Crippen molar-refractivity contribution >= 4 is 17.3 Å².